The van der Waals surface area contributed by atoms with Crippen LogP contribution in [0.15, 0.2) is 53.3 Å². The van der Waals surface area contributed by atoms with Crippen molar-refractivity contribution in [2.24, 2.45) is 7.05 Å². The first-order valence-electron chi connectivity index (χ1n) is 7.68. The Morgan fingerprint density at radius 3 is 2.52 bits per heavy atom. The first kappa shape index (κ1) is 17.0. The molecule has 3 aromatic rings. The van der Waals surface area contributed by atoms with Gasteiger partial charge in [-0.05, 0) is 30.3 Å². The van der Waals surface area contributed by atoms with Crippen LogP contribution in [0, 0.1) is 0 Å². The minimum Gasteiger partial charge on any atom is -0.506 e. The molecule has 1 heterocycles. The topological polar surface area (TPSA) is 54.7 Å². The van der Waals surface area contributed by atoms with E-state index in [9.17, 15) is 9.90 Å². The fraction of sp³-hybridized carbons (Fsp3) is 0.158. The highest BCUT2D eigenvalue weighted by molar-refractivity contribution is 7.81. The highest BCUT2D eigenvalue weighted by atomic mass is 32.1. The van der Waals surface area contributed by atoms with E-state index in [1.807, 2.05) is 30.3 Å². The normalized spacial score (nSPS) is 10.7. The van der Waals surface area contributed by atoms with E-state index in [0.29, 0.717) is 16.7 Å². The number of aromatic hydroxyl groups is 1. The molecule has 0 bridgehead atoms. The number of methoxy groups -OCH3 is 1. The van der Waals surface area contributed by atoms with Crippen LogP contribution in [0.3, 0.4) is 0 Å². The second kappa shape index (κ2) is 6.57. The molecular formula is C19H18N2O3S. The van der Waals surface area contributed by atoms with Gasteiger partial charge in [-0.1, -0.05) is 30.4 Å². The average molecular weight is 354 g/mol. The van der Waals surface area contributed by atoms with Gasteiger partial charge in [0, 0.05) is 25.2 Å². The predicted molar refractivity (Wildman–Crippen MR) is 104 cm³/mol. The highest BCUT2D eigenvalue weighted by Crippen LogP contribution is 2.30. The Hall–Kier alpha value is -2.86. The number of hydrogen-bond donors (Lipinski definition) is 1. The number of aromatic nitrogens is 1. The molecule has 0 saturated heterocycles. The fourth-order valence-electron chi connectivity index (χ4n) is 2.77. The van der Waals surface area contributed by atoms with Gasteiger partial charge >= 0.3 is 0 Å². The lowest BCUT2D eigenvalue weighted by Crippen LogP contribution is -2.33. The summed E-state index contributed by atoms with van der Waals surface area (Å²) in [6, 6.07) is 14.6. The molecule has 1 N–H and O–H groups in total. The smallest absolute Gasteiger partial charge is 0.264 e. The molecule has 2 aromatic carbocycles. The molecule has 0 amide bonds. The summed E-state index contributed by atoms with van der Waals surface area (Å²) in [4.78, 5) is 14.8. The summed E-state index contributed by atoms with van der Waals surface area (Å²) in [7, 11) is 4.98. The maximum absolute atomic E-state index is 12.8. The Morgan fingerprint density at radius 2 is 1.88 bits per heavy atom. The van der Waals surface area contributed by atoms with Crippen molar-refractivity contribution >= 4 is 33.8 Å². The maximum Gasteiger partial charge on any atom is 0.264 e. The summed E-state index contributed by atoms with van der Waals surface area (Å²) in [6.07, 6.45) is 0. The Bertz CT molecular complexity index is 1010. The molecule has 0 aliphatic carbocycles. The number of anilines is 1. The third kappa shape index (κ3) is 2.85. The van der Waals surface area contributed by atoms with Crippen LogP contribution >= 0.6 is 12.2 Å². The lowest BCUT2D eigenvalue weighted by Gasteiger charge is -2.21. The van der Waals surface area contributed by atoms with E-state index < -0.39 is 0 Å². The summed E-state index contributed by atoms with van der Waals surface area (Å²) in [5.74, 6) is 0.458. The van der Waals surface area contributed by atoms with E-state index in [4.69, 9.17) is 17.0 Å². The Morgan fingerprint density at radius 1 is 1.20 bits per heavy atom. The van der Waals surface area contributed by atoms with Crippen molar-refractivity contribution in [1.82, 2.24) is 4.57 Å². The molecule has 0 aliphatic rings. The molecule has 0 radical (unpaired) electrons. The van der Waals surface area contributed by atoms with E-state index in [1.54, 1.807) is 44.3 Å². The third-order valence-electron chi connectivity index (χ3n) is 4.24. The van der Waals surface area contributed by atoms with Gasteiger partial charge in [-0.2, -0.15) is 0 Å². The van der Waals surface area contributed by atoms with Crippen LogP contribution < -0.4 is 15.2 Å². The number of benzene rings is 2. The SMILES string of the molecule is COc1ccc2c(c1)c(O)c(C(=S)N(C)c1ccccc1)c(=O)n2C. The number of aryl methyl sites for hydroxylation is 1. The van der Waals surface area contributed by atoms with Crippen LogP contribution in [0.2, 0.25) is 0 Å². The first-order valence-corrected chi connectivity index (χ1v) is 8.09. The van der Waals surface area contributed by atoms with E-state index in [2.05, 4.69) is 0 Å². The number of para-hydroxylation sites is 1. The molecule has 0 atom stereocenters. The maximum atomic E-state index is 12.8. The van der Waals surface area contributed by atoms with Crippen molar-refractivity contribution < 1.29 is 9.84 Å². The molecule has 0 spiro atoms. The highest BCUT2D eigenvalue weighted by Gasteiger charge is 2.21. The van der Waals surface area contributed by atoms with Gasteiger partial charge in [-0.15, -0.1) is 0 Å². The van der Waals surface area contributed by atoms with Crippen LogP contribution in [-0.4, -0.2) is 28.8 Å². The Kier molecular flexibility index (Phi) is 4.46. The Balaban J connectivity index is 2.22. The van der Waals surface area contributed by atoms with Crippen molar-refractivity contribution in [3.05, 3.63) is 64.4 Å². The largest absolute Gasteiger partial charge is 0.506 e. The summed E-state index contributed by atoms with van der Waals surface area (Å²) in [5.41, 5.74) is 1.20. The third-order valence-corrected chi connectivity index (χ3v) is 4.72. The van der Waals surface area contributed by atoms with E-state index in [1.165, 1.54) is 4.57 Å². The minimum atomic E-state index is -0.344. The van der Waals surface area contributed by atoms with Crippen molar-refractivity contribution in [3.63, 3.8) is 0 Å². The second-order valence-corrected chi connectivity index (χ2v) is 6.06. The number of thiocarbonyl (C=S) groups is 1. The number of nitrogens with zero attached hydrogens (tertiary/aromatic N) is 2. The van der Waals surface area contributed by atoms with Crippen molar-refractivity contribution in [3.8, 4) is 11.5 Å². The van der Waals surface area contributed by atoms with Gasteiger partial charge in [-0.25, -0.2) is 0 Å². The van der Waals surface area contributed by atoms with E-state index >= 15 is 0 Å². The first-order chi connectivity index (χ1) is 12.0. The van der Waals surface area contributed by atoms with Gasteiger partial charge in [-0.3, -0.25) is 4.79 Å². The molecule has 0 unspecified atom stereocenters. The molecule has 6 heteroatoms. The zero-order chi connectivity index (χ0) is 18.1. The van der Waals surface area contributed by atoms with Crippen LogP contribution in [0.4, 0.5) is 5.69 Å². The molecule has 3 rings (SSSR count). The van der Waals surface area contributed by atoms with Gasteiger partial charge in [0.2, 0.25) is 0 Å². The quantitative estimate of drug-likeness (QED) is 0.733. The Labute approximate surface area is 150 Å². The van der Waals surface area contributed by atoms with Crippen molar-refractivity contribution in [1.29, 1.82) is 0 Å². The number of pyridine rings is 1. The molecule has 5 nitrogen and oxygen atoms in total. The number of fused-ring (bicyclic) bond motifs is 1. The molecular weight excluding hydrogens is 336 g/mol. The number of rotatable bonds is 3. The van der Waals surface area contributed by atoms with Gasteiger partial charge < -0.3 is 19.3 Å². The molecule has 0 saturated carbocycles. The van der Waals surface area contributed by atoms with Crippen LogP contribution in [0.1, 0.15) is 5.56 Å². The summed E-state index contributed by atoms with van der Waals surface area (Å²) >= 11 is 5.51. The van der Waals surface area contributed by atoms with Crippen molar-refractivity contribution in [2.75, 3.05) is 19.1 Å². The number of ether oxygens (including phenoxy) is 1. The predicted octanol–water partition coefficient (Wildman–Crippen LogP) is 3.06. The summed E-state index contributed by atoms with van der Waals surface area (Å²) in [6.45, 7) is 0. The van der Waals surface area contributed by atoms with Gasteiger partial charge in [0.15, 0.2) is 0 Å². The monoisotopic (exact) mass is 354 g/mol. The molecule has 0 aliphatic heterocycles. The van der Waals surface area contributed by atoms with E-state index in [-0.39, 0.29) is 21.9 Å². The van der Waals surface area contributed by atoms with Crippen LogP contribution in [0.5, 0.6) is 11.5 Å². The molecule has 25 heavy (non-hydrogen) atoms. The minimum absolute atomic E-state index is 0.101. The van der Waals surface area contributed by atoms with E-state index in [0.717, 1.165) is 5.69 Å². The van der Waals surface area contributed by atoms with Crippen LogP contribution in [-0.2, 0) is 7.05 Å². The number of hydrogen-bond acceptors (Lipinski definition) is 4. The lowest BCUT2D eigenvalue weighted by molar-refractivity contribution is 0.415. The molecule has 1 aromatic heterocycles. The van der Waals surface area contributed by atoms with Gasteiger partial charge in [0.25, 0.3) is 5.56 Å². The molecule has 128 valence electrons. The van der Waals surface area contributed by atoms with Crippen LogP contribution in [0.25, 0.3) is 10.9 Å². The zero-order valence-corrected chi connectivity index (χ0v) is 15.0. The van der Waals surface area contributed by atoms with Crippen molar-refractivity contribution in [2.45, 2.75) is 0 Å². The summed E-state index contributed by atoms with van der Waals surface area (Å²) in [5, 5.41) is 11.3. The standard InChI is InChI=1S/C19H18N2O3S/c1-20(12-7-5-4-6-8-12)19(25)16-17(22)14-11-13(24-3)9-10-15(14)21(2)18(16)23/h4-11,22H,1-3H3. The lowest BCUT2D eigenvalue weighted by atomic mass is 10.1. The second-order valence-electron chi connectivity index (χ2n) is 5.67. The summed E-state index contributed by atoms with van der Waals surface area (Å²) < 4.78 is 6.70. The molecule has 0 fully saturated rings. The van der Waals surface area contributed by atoms with Gasteiger partial charge in [0.05, 0.1) is 12.6 Å². The van der Waals surface area contributed by atoms with Gasteiger partial charge in [0.1, 0.15) is 22.1 Å². The fourth-order valence-corrected chi connectivity index (χ4v) is 3.06. The average Bonchev–Trinajstić information content (AvgIpc) is 2.65. The zero-order valence-electron chi connectivity index (χ0n) is 14.2.